The van der Waals surface area contributed by atoms with Crippen molar-refractivity contribution in [2.45, 2.75) is 63.7 Å². The predicted octanol–water partition coefficient (Wildman–Crippen LogP) is 2.04. The number of carbonyl (C=O) groups excluding carboxylic acids is 2. The molecule has 0 N–H and O–H groups in total. The van der Waals surface area contributed by atoms with E-state index in [1.807, 2.05) is 0 Å². The molecule has 0 spiro atoms. The first-order chi connectivity index (χ1) is 13.0. The van der Waals surface area contributed by atoms with Crippen molar-refractivity contribution in [3.05, 3.63) is 36.5 Å². The first-order valence-electron chi connectivity index (χ1n) is 8.97. The molecule has 8 heteroatoms. The molecule has 4 atom stereocenters. The minimum Gasteiger partial charge on any atom is -0.466 e. The van der Waals surface area contributed by atoms with Crippen LogP contribution in [0, 0.1) is 0 Å². The lowest BCUT2D eigenvalue weighted by molar-refractivity contribution is -0.141. The van der Waals surface area contributed by atoms with Gasteiger partial charge in [0.15, 0.2) is 11.6 Å². The van der Waals surface area contributed by atoms with Gasteiger partial charge in [-0.25, -0.2) is 9.59 Å². The van der Waals surface area contributed by atoms with E-state index < -0.39 is 47.9 Å². The largest absolute Gasteiger partial charge is 0.466 e. The van der Waals surface area contributed by atoms with Gasteiger partial charge in [-0.1, -0.05) is 12.2 Å². The fraction of sp³-hybridized carbons (Fsp3) is 0.600. The third kappa shape index (κ3) is 6.27. The van der Waals surface area contributed by atoms with E-state index in [0.29, 0.717) is 0 Å². The van der Waals surface area contributed by atoms with Crippen LogP contribution in [0.3, 0.4) is 0 Å². The minimum absolute atomic E-state index is 0.437. The second-order valence-electron chi connectivity index (χ2n) is 7.28. The van der Waals surface area contributed by atoms with Crippen LogP contribution in [0.15, 0.2) is 36.5 Å². The highest BCUT2D eigenvalue weighted by Gasteiger charge is 2.41. The summed E-state index contributed by atoms with van der Waals surface area (Å²) in [6, 6.07) is 0. The molecule has 0 unspecified atom stereocenters. The van der Waals surface area contributed by atoms with Crippen LogP contribution in [0.4, 0.5) is 0 Å². The third-order valence-corrected chi connectivity index (χ3v) is 4.06. The average molecular weight is 396 g/mol. The molecule has 0 radical (unpaired) electrons. The molecule has 2 aliphatic heterocycles. The van der Waals surface area contributed by atoms with Crippen LogP contribution in [0.5, 0.6) is 0 Å². The fourth-order valence-electron chi connectivity index (χ4n) is 2.93. The summed E-state index contributed by atoms with van der Waals surface area (Å²) in [5.41, 5.74) is 0. The molecule has 2 rings (SSSR count). The van der Waals surface area contributed by atoms with Crippen LogP contribution < -0.4 is 0 Å². The molecule has 0 aromatic carbocycles. The van der Waals surface area contributed by atoms with Crippen LogP contribution >= 0.6 is 0 Å². The van der Waals surface area contributed by atoms with E-state index in [2.05, 4.69) is 9.47 Å². The maximum Gasteiger partial charge on any atom is 0.330 e. The summed E-state index contributed by atoms with van der Waals surface area (Å²) >= 11 is 0. The highest BCUT2D eigenvalue weighted by molar-refractivity contribution is 5.82. The topological polar surface area (TPSA) is 89.5 Å². The van der Waals surface area contributed by atoms with Gasteiger partial charge in [-0.05, 0) is 39.8 Å². The van der Waals surface area contributed by atoms with Crippen molar-refractivity contribution >= 4 is 11.9 Å². The third-order valence-electron chi connectivity index (χ3n) is 4.06. The number of hydrogen-bond donors (Lipinski definition) is 0. The summed E-state index contributed by atoms with van der Waals surface area (Å²) < 4.78 is 32.6. The Bertz CT molecular complexity index is 605. The van der Waals surface area contributed by atoms with E-state index >= 15 is 0 Å². The normalized spacial score (nSPS) is 31.8. The SMILES string of the molecule is COC(=O)/C=C/[C@H]1OC(C)(C)O[C@@H]1/C=C/[C@H]1OC(C)(C)O[C@@H]1/C=C/C(=O)OC. The second kappa shape index (κ2) is 9.00. The second-order valence-corrected chi connectivity index (χ2v) is 7.28. The van der Waals surface area contributed by atoms with Crippen molar-refractivity contribution in [1.82, 2.24) is 0 Å². The van der Waals surface area contributed by atoms with Gasteiger partial charge in [-0.15, -0.1) is 0 Å². The Morgan fingerprint density at radius 2 is 0.929 bits per heavy atom. The zero-order valence-electron chi connectivity index (χ0n) is 17.0. The summed E-state index contributed by atoms with van der Waals surface area (Å²) in [5.74, 6) is -2.57. The molecule has 2 aliphatic rings. The Balaban J connectivity index is 2.13. The first kappa shape index (κ1) is 22.3. The molecular formula is C20H28O8. The lowest BCUT2D eigenvalue weighted by Gasteiger charge is -2.16. The zero-order chi connectivity index (χ0) is 20.9. The molecule has 0 bridgehead atoms. The molecule has 0 aromatic rings. The van der Waals surface area contributed by atoms with E-state index in [0.717, 1.165) is 0 Å². The Kier molecular flexibility index (Phi) is 7.16. The maximum absolute atomic E-state index is 11.4. The van der Waals surface area contributed by atoms with Gasteiger partial charge in [0.25, 0.3) is 0 Å². The lowest BCUT2D eigenvalue weighted by atomic mass is 10.1. The number of rotatable bonds is 6. The summed E-state index contributed by atoms with van der Waals surface area (Å²) in [4.78, 5) is 22.7. The van der Waals surface area contributed by atoms with Crippen molar-refractivity contribution in [1.29, 1.82) is 0 Å². The Labute approximate surface area is 165 Å². The van der Waals surface area contributed by atoms with Crippen LogP contribution in [-0.2, 0) is 38.0 Å². The zero-order valence-corrected chi connectivity index (χ0v) is 17.0. The molecule has 0 saturated carbocycles. The fourth-order valence-corrected chi connectivity index (χ4v) is 2.93. The Hall–Kier alpha value is -2.00. The van der Waals surface area contributed by atoms with E-state index in [9.17, 15) is 9.59 Å². The molecule has 0 aromatic heterocycles. The molecule has 2 saturated heterocycles. The number of esters is 2. The maximum atomic E-state index is 11.4. The van der Waals surface area contributed by atoms with Crippen LogP contribution in [-0.4, -0.2) is 62.1 Å². The van der Waals surface area contributed by atoms with Crippen molar-refractivity contribution in [3.8, 4) is 0 Å². The van der Waals surface area contributed by atoms with Gasteiger partial charge in [-0.3, -0.25) is 0 Å². The number of methoxy groups -OCH3 is 2. The summed E-state index contributed by atoms with van der Waals surface area (Å²) in [5, 5.41) is 0. The van der Waals surface area contributed by atoms with Gasteiger partial charge >= 0.3 is 11.9 Å². The highest BCUT2D eigenvalue weighted by atomic mass is 16.8. The van der Waals surface area contributed by atoms with Crippen molar-refractivity contribution in [3.63, 3.8) is 0 Å². The molecule has 28 heavy (non-hydrogen) atoms. The predicted molar refractivity (Wildman–Crippen MR) is 99.1 cm³/mol. The lowest BCUT2D eigenvalue weighted by Crippen LogP contribution is -2.22. The summed E-state index contributed by atoms with van der Waals surface area (Å²) in [7, 11) is 2.61. The number of hydrogen-bond acceptors (Lipinski definition) is 8. The van der Waals surface area contributed by atoms with Crippen LogP contribution in [0.2, 0.25) is 0 Å². The van der Waals surface area contributed by atoms with Crippen molar-refractivity contribution < 1.29 is 38.0 Å². The average Bonchev–Trinajstić information content (AvgIpc) is 3.09. The van der Waals surface area contributed by atoms with E-state index in [1.165, 1.54) is 26.4 Å². The van der Waals surface area contributed by atoms with Gasteiger partial charge in [-0.2, -0.15) is 0 Å². The van der Waals surface area contributed by atoms with Crippen LogP contribution in [0.1, 0.15) is 27.7 Å². The van der Waals surface area contributed by atoms with Gasteiger partial charge in [0.1, 0.15) is 24.4 Å². The molecule has 0 amide bonds. The Morgan fingerprint density at radius 1 is 0.643 bits per heavy atom. The van der Waals surface area contributed by atoms with Crippen LogP contribution in [0.25, 0.3) is 0 Å². The Morgan fingerprint density at radius 3 is 1.21 bits per heavy atom. The minimum atomic E-state index is -0.809. The quantitative estimate of drug-likeness (QED) is 0.383. The van der Waals surface area contributed by atoms with Crippen molar-refractivity contribution in [2.24, 2.45) is 0 Å². The van der Waals surface area contributed by atoms with Gasteiger partial charge < -0.3 is 28.4 Å². The van der Waals surface area contributed by atoms with Gasteiger partial charge in [0.05, 0.1) is 14.2 Å². The summed E-state index contributed by atoms with van der Waals surface area (Å²) in [6.45, 7) is 7.17. The first-order valence-corrected chi connectivity index (χ1v) is 8.97. The van der Waals surface area contributed by atoms with E-state index in [1.54, 1.807) is 52.0 Å². The molecule has 156 valence electrons. The van der Waals surface area contributed by atoms with E-state index in [4.69, 9.17) is 18.9 Å². The highest BCUT2D eigenvalue weighted by Crippen LogP contribution is 2.32. The van der Waals surface area contributed by atoms with Gasteiger partial charge in [0.2, 0.25) is 0 Å². The number of carbonyl (C=O) groups is 2. The van der Waals surface area contributed by atoms with Crippen molar-refractivity contribution in [2.75, 3.05) is 14.2 Å². The molecule has 0 aliphatic carbocycles. The molecule has 2 fully saturated rings. The van der Waals surface area contributed by atoms with Gasteiger partial charge in [0, 0.05) is 12.2 Å². The molecule has 8 nitrogen and oxygen atoms in total. The standard InChI is InChI=1S/C20H28O8/c1-19(2)25-13(15(27-19)9-11-17(21)23-5)7-8-14-16(10-12-18(22)24-6)28-20(3,4)26-14/h7-16H,1-6H3/b8-7+,11-9+,12-10+/t13-,14-,15-,16-/m1/s1. The summed E-state index contributed by atoms with van der Waals surface area (Å²) in [6.07, 6.45) is 7.59. The van der Waals surface area contributed by atoms with E-state index in [-0.39, 0.29) is 0 Å². The number of ether oxygens (including phenoxy) is 6. The molecular weight excluding hydrogens is 368 g/mol. The monoisotopic (exact) mass is 396 g/mol. The smallest absolute Gasteiger partial charge is 0.330 e. The molecule has 2 heterocycles.